The van der Waals surface area contributed by atoms with Crippen LogP contribution < -0.4 is 5.32 Å². The van der Waals surface area contributed by atoms with Crippen LogP contribution in [0.15, 0.2) is 42.5 Å². The van der Waals surface area contributed by atoms with Crippen LogP contribution in [0.2, 0.25) is 0 Å². The fraction of sp³-hybridized carbons (Fsp3) is 0.278. The van der Waals surface area contributed by atoms with E-state index in [-0.39, 0.29) is 12.5 Å². The topological polar surface area (TPSA) is 49.3 Å². The summed E-state index contributed by atoms with van der Waals surface area (Å²) in [6.07, 6.45) is -0.378. The average molecular weight is 335 g/mol. The van der Waals surface area contributed by atoms with E-state index in [9.17, 15) is 23.1 Å². The average Bonchev–Trinajstić information content (AvgIpc) is 3.34. The first-order valence-corrected chi connectivity index (χ1v) is 7.60. The van der Waals surface area contributed by atoms with E-state index in [1.165, 1.54) is 24.3 Å². The largest absolute Gasteiger partial charge is 0.386 e. The molecule has 0 radical (unpaired) electrons. The first kappa shape index (κ1) is 16.5. The van der Waals surface area contributed by atoms with Crippen LogP contribution in [0.25, 0.3) is 0 Å². The Balaban J connectivity index is 1.70. The number of rotatable bonds is 5. The second-order valence-corrected chi connectivity index (χ2v) is 5.95. The minimum Gasteiger partial charge on any atom is -0.386 e. The molecule has 0 bridgehead atoms. The number of nitrogens with one attached hydrogen (secondary N) is 1. The standard InChI is InChI=1S/C18H16F3NO2/c19-12-4-1-3-11(9-12)18(7-8-18)17(24)22-10-15(23)16-13(20)5-2-6-14(16)21/h1-6,9,15,23H,7-8,10H2,(H,22,24). The molecule has 1 saturated carbocycles. The summed E-state index contributed by atoms with van der Waals surface area (Å²) in [6.45, 7) is -0.326. The van der Waals surface area contributed by atoms with Gasteiger partial charge in [-0.05, 0) is 42.7 Å². The Morgan fingerprint density at radius 3 is 2.33 bits per heavy atom. The Morgan fingerprint density at radius 1 is 1.12 bits per heavy atom. The first-order chi connectivity index (χ1) is 11.4. The van der Waals surface area contributed by atoms with Crippen molar-refractivity contribution >= 4 is 5.91 Å². The highest BCUT2D eigenvalue weighted by atomic mass is 19.1. The molecule has 2 aromatic carbocycles. The Bertz CT molecular complexity index is 754. The molecule has 3 nitrogen and oxygen atoms in total. The smallest absolute Gasteiger partial charge is 0.230 e. The van der Waals surface area contributed by atoms with Gasteiger partial charge in [0.1, 0.15) is 23.6 Å². The van der Waals surface area contributed by atoms with Crippen molar-refractivity contribution < 1.29 is 23.1 Å². The molecule has 1 fully saturated rings. The van der Waals surface area contributed by atoms with Crippen LogP contribution in [-0.2, 0) is 10.2 Å². The summed E-state index contributed by atoms with van der Waals surface area (Å²) in [7, 11) is 0. The second kappa shape index (κ2) is 6.28. The predicted octanol–water partition coefficient (Wildman–Crippen LogP) is 2.99. The van der Waals surface area contributed by atoms with E-state index >= 15 is 0 Å². The summed E-state index contributed by atoms with van der Waals surface area (Å²) < 4.78 is 40.6. The number of carbonyl (C=O) groups excluding carboxylic acids is 1. The van der Waals surface area contributed by atoms with Crippen LogP contribution >= 0.6 is 0 Å². The quantitative estimate of drug-likeness (QED) is 0.883. The lowest BCUT2D eigenvalue weighted by Gasteiger charge is -2.18. The Labute approximate surface area is 137 Å². The summed E-state index contributed by atoms with van der Waals surface area (Å²) in [6, 6.07) is 9.08. The fourth-order valence-corrected chi connectivity index (χ4v) is 2.85. The van der Waals surface area contributed by atoms with Gasteiger partial charge in [0.15, 0.2) is 0 Å². The van der Waals surface area contributed by atoms with E-state index in [1.54, 1.807) is 6.07 Å². The van der Waals surface area contributed by atoms with Crippen molar-refractivity contribution in [3.05, 3.63) is 71.0 Å². The Kier molecular flexibility index (Phi) is 4.32. The van der Waals surface area contributed by atoms with Crippen molar-refractivity contribution in [2.24, 2.45) is 0 Å². The minimum atomic E-state index is -1.50. The molecule has 6 heteroatoms. The molecule has 126 valence electrons. The van der Waals surface area contributed by atoms with Crippen LogP contribution in [0.1, 0.15) is 30.1 Å². The van der Waals surface area contributed by atoms with Gasteiger partial charge < -0.3 is 10.4 Å². The van der Waals surface area contributed by atoms with Gasteiger partial charge in [0, 0.05) is 6.54 Å². The van der Waals surface area contributed by atoms with Gasteiger partial charge in [0.05, 0.1) is 11.0 Å². The summed E-state index contributed by atoms with van der Waals surface area (Å²) in [5.74, 6) is -2.56. The number of halogens is 3. The number of benzene rings is 2. The van der Waals surface area contributed by atoms with Gasteiger partial charge in [-0.15, -0.1) is 0 Å². The zero-order valence-electron chi connectivity index (χ0n) is 12.7. The predicted molar refractivity (Wildman–Crippen MR) is 81.6 cm³/mol. The summed E-state index contributed by atoms with van der Waals surface area (Å²) >= 11 is 0. The normalized spacial score (nSPS) is 16.5. The van der Waals surface area contributed by atoms with Crippen molar-refractivity contribution in [3.63, 3.8) is 0 Å². The SMILES string of the molecule is O=C(NCC(O)c1c(F)cccc1F)C1(c2cccc(F)c2)CC1. The molecule has 0 heterocycles. The van der Waals surface area contributed by atoms with E-state index < -0.39 is 34.5 Å². The zero-order chi connectivity index (χ0) is 17.3. The van der Waals surface area contributed by atoms with Crippen LogP contribution in [0.5, 0.6) is 0 Å². The number of aliphatic hydroxyl groups excluding tert-OH is 1. The van der Waals surface area contributed by atoms with Crippen LogP contribution in [0, 0.1) is 17.5 Å². The highest BCUT2D eigenvalue weighted by Crippen LogP contribution is 2.48. The first-order valence-electron chi connectivity index (χ1n) is 7.60. The van der Waals surface area contributed by atoms with E-state index in [4.69, 9.17) is 0 Å². The molecule has 0 aromatic heterocycles. The number of hydrogen-bond donors (Lipinski definition) is 2. The third-order valence-corrected chi connectivity index (χ3v) is 4.35. The van der Waals surface area contributed by atoms with Crippen molar-refractivity contribution in [2.45, 2.75) is 24.4 Å². The number of carbonyl (C=O) groups is 1. The van der Waals surface area contributed by atoms with Crippen LogP contribution in [0.3, 0.4) is 0 Å². The molecule has 0 spiro atoms. The molecule has 1 amide bonds. The highest BCUT2D eigenvalue weighted by molar-refractivity contribution is 5.91. The van der Waals surface area contributed by atoms with Gasteiger partial charge in [0.2, 0.25) is 5.91 Å². The monoisotopic (exact) mass is 335 g/mol. The zero-order valence-corrected chi connectivity index (χ0v) is 12.7. The number of amides is 1. The fourth-order valence-electron chi connectivity index (χ4n) is 2.85. The molecule has 0 saturated heterocycles. The molecule has 3 rings (SSSR count). The number of aliphatic hydroxyl groups is 1. The maximum absolute atomic E-state index is 13.6. The summed E-state index contributed by atoms with van der Waals surface area (Å²) in [5.41, 5.74) is -0.741. The van der Waals surface area contributed by atoms with Gasteiger partial charge in [-0.25, -0.2) is 13.2 Å². The van der Waals surface area contributed by atoms with Crippen LogP contribution in [0.4, 0.5) is 13.2 Å². The third-order valence-electron chi connectivity index (χ3n) is 4.35. The summed E-state index contributed by atoms with van der Waals surface area (Å²) in [5, 5.41) is 12.5. The molecular formula is C18H16F3NO2. The van der Waals surface area contributed by atoms with E-state index in [2.05, 4.69) is 5.32 Å². The van der Waals surface area contributed by atoms with Crippen LogP contribution in [-0.4, -0.2) is 17.6 Å². The van der Waals surface area contributed by atoms with Crippen molar-refractivity contribution in [1.29, 1.82) is 0 Å². The molecule has 1 atom stereocenters. The molecule has 1 unspecified atom stereocenters. The van der Waals surface area contributed by atoms with Gasteiger partial charge in [0.25, 0.3) is 0 Å². The lowest BCUT2D eigenvalue weighted by atomic mass is 9.94. The second-order valence-electron chi connectivity index (χ2n) is 5.95. The molecule has 0 aliphatic heterocycles. The third kappa shape index (κ3) is 3.01. The van der Waals surface area contributed by atoms with Crippen molar-refractivity contribution in [3.8, 4) is 0 Å². The highest BCUT2D eigenvalue weighted by Gasteiger charge is 2.51. The Morgan fingerprint density at radius 2 is 1.75 bits per heavy atom. The number of hydrogen-bond acceptors (Lipinski definition) is 2. The molecule has 1 aliphatic rings. The molecular weight excluding hydrogens is 319 g/mol. The minimum absolute atomic E-state index is 0.326. The van der Waals surface area contributed by atoms with Gasteiger partial charge in [-0.3, -0.25) is 4.79 Å². The summed E-state index contributed by atoms with van der Waals surface area (Å²) in [4.78, 5) is 12.4. The molecule has 2 N–H and O–H groups in total. The van der Waals surface area contributed by atoms with Gasteiger partial charge in [-0.1, -0.05) is 18.2 Å². The maximum atomic E-state index is 13.6. The van der Waals surface area contributed by atoms with E-state index in [0.29, 0.717) is 18.4 Å². The van der Waals surface area contributed by atoms with Crippen molar-refractivity contribution in [1.82, 2.24) is 5.32 Å². The van der Waals surface area contributed by atoms with Gasteiger partial charge >= 0.3 is 0 Å². The lowest BCUT2D eigenvalue weighted by Crippen LogP contribution is -2.37. The van der Waals surface area contributed by atoms with Gasteiger partial charge in [-0.2, -0.15) is 0 Å². The van der Waals surface area contributed by atoms with E-state index in [0.717, 1.165) is 12.1 Å². The molecule has 24 heavy (non-hydrogen) atoms. The molecule has 1 aliphatic carbocycles. The lowest BCUT2D eigenvalue weighted by molar-refractivity contribution is -0.124. The maximum Gasteiger partial charge on any atom is 0.230 e. The molecule has 2 aromatic rings. The van der Waals surface area contributed by atoms with E-state index in [1.807, 2.05) is 0 Å². The van der Waals surface area contributed by atoms with Crippen molar-refractivity contribution in [2.75, 3.05) is 6.54 Å². The Hall–Kier alpha value is -2.34.